The average Bonchev–Trinajstić information content (AvgIpc) is 2.75. The largest absolute Gasteiger partial charge is 0.396 e. The molecule has 3 fully saturated rings. The molecule has 0 amide bonds. The second-order valence-corrected chi connectivity index (χ2v) is 5.10. The van der Waals surface area contributed by atoms with E-state index in [9.17, 15) is 5.11 Å². The lowest BCUT2D eigenvalue weighted by Gasteiger charge is -2.30. The molecule has 0 spiro atoms. The van der Waals surface area contributed by atoms with Gasteiger partial charge >= 0.3 is 0 Å². The third-order valence-corrected chi connectivity index (χ3v) is 4.80. The lowest BCUT2D eigenvalue weighted by molar-refractivity contribution is 0.121. The molecule has 0 heterocycles. The predicted molar refractivity (Wildman–Crippen MR) is 47.6 cm³/mol. The Labute approximate surface area is 74.2 Å². The minimum Gasteiger partial charge on any atom is -0.396 e. The molecule has 3 aliphatic rings. The van der Waals surface area contributed by atoms with Crippen LogP contribution in [0.2, 0.25) is 0 Å². The maximum atomic E-state index is 9.21. The predicted octanol–water partition coefficient (Wildman–Crippen LogP) is 2.05. The average molecular weight is 166 g/mol. The van der Waals surface area contributed by atoms with E-state index in [1.165, 1.54) is 32.1 Å². The Hall–Kier alpha value is -0.0400. The molecule has 0 aromatic carbocycles. The van der Waals surface area contributed by atoms with Crippen LogP contribution in [0.1, 0.15) is 32.1 Å². The Balaban J connectivity index is 1.83. The van der Waals surface area contributed by atoms with Crippen LogP contribution in [0.4, 0.5) is 0 Å². The number of fused-ring (bicyclic) bond motifs is 5. The zero-order chi connectivity index (χ0) is 8.13. The summed E-state index contributed by atoms with van der Waals surface area (Å²) < 4.78 is 0. The Morgan fingerprint density at radius 3 is 2.67 bits per heavy atom. The summed E-state index contributed by atoms with van der Waals surface area (Å²) in [4.78, 5) is 0. The van der Waals surface area contributed by atoms with Crippen molar-refractivity contribution in [1.82, 2.24) is 0 Å². The van der Waals surface area contributed by atoms with Crippen molar-refractivity contribution in [1.29, 1.82) is 0 Å². The Bertz CT molecular complexity index is 187. The molecule has 0 aromatic rings. The standard InChI is InChI=1S/C11H18O/c12-6-8-4-7-5-11(8)10-3-1-2-9(7)10/h7-12H,1-6H2/t7?,8-,9?,10?,11?/m0/s1. The number of hydrogen-bond acceptors (Lipinski definition) is 1. The van der Waals surface area contributed by atoms with E-state index >= 15 is 0 Å². The minimum absolute atomic E-state index is 0.463. The van der Waals surface area contributed by atoms with Gasteiger partial charge in [-0.3, -0.25) is 0 Å². The minimum atomic E-state index is 0.463. The fourth-order valence-corrected chi connectivity index (χ4v) is 4.42. The number of hydrogen-bond donors (Lipinski definition) is 1. The molecule has 2 bridgehead atoms. The second-order valence-electron chi connectivity index (χ2n) is 5.10. The molecule has 0 saturated heterocycles. The van der Waals surface area contributed by atoms with Crippen molar-refractivity contribution in [2.75, 3.05) is 6.61 Å². The van der Waals surface area contributed by atoms with Crippen LogP contribution in [-0.2, 0) is 0 Å². The van der Waals surface area contributed by atoms with Gasteiger partial charge in [0.15, 0.2) is 0 Å². The summed E-state index contributed by atoms with van der Waals surface area (Å²) in [6.07, 6.45) is 7.26. The summed E-state index contributed by atoms with van der Waals surface area (Å²) in [5.41, 5.74) is 0. The first kappa shape index (κ1) is 7.37. The van der Waals surface area contributed by atoms with E-state index in [1.807, 2.05) is 0 Å². The molecule has 1 N–H and O–H groups in total. The summed E-state index contributed by atoms with van der Waals surface area (Å²) >= 11 is 0. The molecule has 12 heavy (non-hydrogen) atoms. The molecule has 0 radical (unpaired) electrons. The van der Waals surface area contributed by atoms with E-state index in [0.717, 1.165) is 23.7 Å². The smallest absolute Gasteiger partial charge is 0.0462 e. The molecule has 3 aliphatic carbocycles. The van der Waals surface area contributed by atoms with Gasteiger partial charge in [-0.15, -0.1) is 0 Å². The maximum absolute atomic E-state index is 9.21. The fourth-order valence-electron chi connectivity index (χ4n) is 4.42. The Kier molecular flexibility index (Phi) is 1.52. The van der Waals surface area contributed by atoms with Crippen LogP contribution < -0.4 is 0 Å². The van der Waals surface area contributed by atoms with Crippen molar-refractivity contribution < 1.29 is 5.11 Å². The molecule has 0 aliphatic heterocycles. The Morgan fingerprint density at radius 2 is 1.83 bits per heavy atom. The highest BCUT2D eigenvalue weighted by atomic mass is 16.3. The third kappa shape index (κ3) is 0.783. The van der Waals surface area contributed by atoms with Crippen LogP contribution in [0.5, 0.6) is 0 Å². The molecule has 4 unspecified atom stereocenters. The van der Waals surface area contributed by atoms with Gasteiger partial charge in [0.05, 0.1) is 0 Å². The summed E-state index contributed by atoms with van der Waals surface area (Å²) in [5.74, 6) is 4.74. The molecular formula is C11H18O. The van der Waals surface area contributed by atoms with Crippen LogP contribution in [0.15, 0.2) is 0 Å². The van der Waals surface area contributed by atoms with Crippen molar-refractivity contribution in [3.05, 3.63) is 0 Å². The molecule has 3 rings (SSSR count). The highest BCUT2D eigenvalue weighted by Crippen LogP contribution is 2.60. The lowest BCUT2D eigenvalue weighted by atomic mass is 9.76. The van der Waals surface area contributed by atoms with Crippen LogP contribution in [0.3, 0.4) is 0 Å². The molecule has 68 valence electrons. The molecule has 0 aromatic heterocycles. The second kappa shape index (κ2) is 2.47. The molecule has 5 atom stereocenters. The van der Waals surface area contributed by atoms with Crippen LogP contribution in [-0.4, -0.2) is 11.7 Å². The van der Waals surface area contributed by atoms with Crippen molar-refractivity contribution in [3.63, 3.8) is 0 Å². The normalized spacial score (nSPS) is 56.2. The monoisotopic (exact) mass is 166 g/mol. The SMILES string of the molecule is OC[C@@H]1CC2CC1C1CCCC21. The van der Waals surface area contributed by atoms with Gasteiger partial charge in [0.1, 0.15) is 0 Å². The molecular weight excluding hydrogens is 148 g/mol. The number of aliphatic hydroxyl groups is 1. The zero-order valence-electron chi connectivity index (χ0n) is 7.58. The lowest BCUT2D eigenvalue weighted by Crippen LogP contribution is -2.26. The Morgan fingerprint density at radius 1 is 1.00 bits per heavy atom. The molecule has 1 nitrogen and oxygen atoms in total. The quantitative estimate of drug-likeness (QED) is 0.632. The topological polar surface area (TPSA) is 20.2 Å². The van der Waals surface area contributed by atoms with Gasteiger partial charge in [-0.1, -0.05) is 6.42 Å². The fraction of sp³-hybridized carbons (Fsp3) is 1.00. The van der Waals surface area contributed by atoms with E-state index in [0.29, 0.717) is 12.5 Å². The first-order valence-corrected chi connectivity index (χ1v) is 5.51. The number of rotatable bonds is 1. The number of aliphatic hydroxyl groups excluding tert-OH is 1. The van der Waals surface area contributed by atoms with E-state index in [2.05, 4.69) is 0 Å². The van der Waals surface area contributed by atoms with Crippen LogP contribution in [0.25, 0.3) is 0 Å². The summed E-state index contributed by atoms with van der Waals surface area (Å²) in [7, 11) is 0. The highest BCUT2D eigenvalue weighted by Gasteiger charge is 2.53. The van der Waals surface area contributed by atoms with Crippen molar-refractivity contribution in [2.24, 2.45) is 29.6 Å². The highest BCUT2D eigenvalue weighted by molar-refractivity contribution is 5.02. The van der Waals surface area contributed by atoms with E-state index in [-0.39, 0.29) is 0 Å². The summed E-state index contributed by atoms with van der Waals surface area (Å²) in [5, 5.41) is 9.21. The third-order valence-electron chi connectivity index (χ3n) is 4.80. The van der Waals surface area contributed by atoms with Crippen molar-refractivity contribution in [3.8, 4) is 0 Å². The van der Waals surface area contributed by atoms with E-state index in [1.54, 1.807) is 0 Å². The zero-order valence-corrected chi connectivity index (χ0v) is 7.58. The summed E-state index contributed by atoms with van der Waals surface area (Å²) in [6, 6.07) is 0. The van der Waals surface area contributed by atoms with Gasteiger partial charge < -0.3 is 5.11 Å². The van der Waals surface area contributed by atoms with Gasteiger partial charge in [-0.25, -0.2) is 0 Å². The van der Waals surface area contributed by atoms with Gasteiger partial charge in [0.2, 0.25) is 0 Å². The molecule has 1 heteroatoms. The van der Waals surface area contributed by atoms with E-state index < -0.39 is 0 Å². The van der Waals surface area contributed by atoms with E-state index in [4.69, 9.17) is 0 Å². The van der Waals surface area contributed by atoms with Crippen LogP contribution >= 0.6 is 0 Å². The van der Waals surface area contributed by atoms with Gasteiger partial charge in [-0.05, 0) is 55.3 Å². The van der Waals surface area contributed by atoms with Crippen molar-refractivity contribution >= 4 is 0 Å². The van der Waals surface area contributed by atoms with Crippen molar-refractivity contribution in [2.45, 2.75) is 32.1 Å². The van der Waals surface area contributed by atoms with Gasteiger partial charge in [0, 0.05) is 6.61 Å². The maximum Gasteiger partial charge on any atom is 0.0462 e. The van der Waals surface area contributed by atoms with Crippen LogP contribution in [0, 0.1) is 29.6 Å². The van der Waals surface area contributed by atoms with Gasteiger partial charge in [0.25, 0.3) is 0 Å². The van der Waals surface area contributed by atoms with Gasteiger partial charge in [-0.2, -0.15) is 0 Å². The summed E-state index contributed by atoms with van der Waals surface area (Å²) in [6.45, 7) is 0.463. The first-order chi connectivity index (χ1) is 5.90. The first-order valence-electron chi connectivity index (χ1n) is 5.51. The molecule has 3 saturated carbocycles.